The largest absolute Gasteiger partial charge is 0.365 e. The molecule has 5 rings (SSSR count). The smallest absolute Gasteiger partial charge is 0.347 e. The molecule has 236 valence electrons. The normalized spacial score (nSPS) is 23.6. The number of halogens is 2. The summed E-state index contributed by atoms with van der Waals surface area (Å²) in [6.45, 7) is 6.96. The van der Waals surface area contributed by atoms with Crippen LogP contribution in [0.5, 0.6) is 0 Å². The predicted octanol–water partition coefficient (Wildman–Crippen LogP) is 4.31. The van der Waals surface area contributed by atoms with E-state index in [4.69, 9.17) is 46.5 Å². The summed E-state index contributed by atoms with van der Waals surface area (Å²) in [4.78, 5) is 8.72. The summed E-state index contributed by atoms with van der Waals surface area (Å²) in [5, 5.41) is 8.91. The molecular formula is C25H33Cl2N6O8PS. The highest BCUT2D eigenvalue weighted by molar-refractivity contribution is 7.96. The van der Waals surface area contributed by atoms with Gasteiger partial charge >= 0.3 is 7.60 Å². The Morgan fingerprint density at radius 1 is 1.09 bits per heavy atom. The van der Waals surface area contributed by atoms with Crippen molar-refractivity contribution >= 4 is 57.7 Å². The topological polar surface area (TPSA) is 165 Å². The molecule has 3 aromatic rings. The van der Waals surface area contributed by atoms with Gasteiger partial charge < -0.3 is 28.6 Å². The Bertz CT molecular complexity index is 1620. The first-order valence-electron chi connectivity index (χ1n) is 13.6. The second kappa shape index (κ2) is 12.8. The van der Waals surface area contributed by atoms with Gasteiger partial charge in [-0.25, -0.2) is 17.8 Å². The number of sulfonamides is 1. The van der Waals surface area contributed by atoms with Gasteiger partial charge in [0.25, 0.3) is 0 Å². The van der Waals surface area contributed by atoms with Gasteiger partial charge in [-0.1, -0.05) is 29.8 Å². The van der Waals surface area contributed by atoms with Crippen LogP contribution < -0.4 is 10.0 Å². The Kier molecular flexibility index (Phi) is 9.69. The molecule has 4 heterocycles. The van der Waals surface area contributed by atoms with Gasteiger partial charge in [-0.15, -0.1) is 0 Å². The van der Waals surface area contributed by atoms with E-state index in [1.54, 1.807) is 40.0 Å². The number of rotatable bonds is 13. The predicted molar refractivity (Wildman–Crippen MR) is 159 cm³/mol. The third kappa shape index (κ3) is 7.33. The zero-order valence-electron chi connectivity index (χ0n) is 23.9. The van der Waals surface area contributed by atoms with Crippen LogP contribution in [0, 0.1) is 0 Å². The van der Waals surface area contributed by atoms with E-state index in [0.29, 0.717) is 28.4 Å². The zero-order valence-corrected chi connectivity index (χ0v) is 27.1. The van der Waals surface area contributed by atoms with E-state index in [0.717, 1.165) is 5.56 Å². The highest BCUT2D eigenvalue weighted by atomic mass is 35.5. The number of ether oxygens (including phenoxy) is 3. The van der Waals surface area contributed by atoms with E-state index in [-0.39, 0.29) is 25.0 Å². The van der Waals surface area contributed by atoms with Crippen molar-refractivity contribution in [3.8, 4) is 0 Å². The first kappa shape index (κ1) is 32.5. The average Bonchev–Trinajstić information content (AvgIpc) is 3.57. The molecular weight excluding hydrogens is 646 g/mol. The van der Waals surface area contributed by atoms with Gasteiger partial charge in [-0.3, -0.25) is 4.57 Å². The van der Waals surface area contributed by atoms with E-state index in [9.17, 15) is 13.0 Å². The molecule has 2 fully saturated rings. The highest BCUT2D eigenvalue weighted by Crippen LogP contribution is 2.49. The van der Waals surface area contributed by atoms with Gasteiger partial charge in [0.15, 0.2) is 23.2 Å². The average molecular weight is 680 g/mol. The van der Waals surface area contributed by atoms with Gasteiger partial charge in [-0.05, 0) is 50.9 Å². The van der Waals surface area contributed by atoms with Crippen molar-refractivity contribution in [2.75, 3.05) is 30.6 Å². The van der Waals surface area contributed by atoms with Crippen molar-refractivity contribution in [1.29, 1.82) is 0 Å². The van der Waals surface area contributed by atoms with E-state index in [2.05, 4.69) is 25.1 Å². The molecule has 0 amide bonds. The Morgan fingerprint density at radius 3 is 2.49 bits per heavy atom. The van der Waals surface area contributed by atoms with Gasteiger partial charge in [-0.2, -0.15) is 15.1 Å². The van der Waals surface area contributed by atoms with Crippen molar-refractivity contribution in [3.05, 3.63) is 46.3 Å². The summed E-state index contributed by atoms with van der Waals surface area (Å²) in [7, 11) is -7.96. The maximum absolute atomic E-state index is 12.9. The number of hydrogen-bond donors (Lipinski definition) is 2. The Morgan fingerprint density at radius 2 is 1.79 bits per heavy atom. The number of fused-ring (bicyclic) bond motifs is 2. The van der Waals surface area contributed by atoms with E-state index in [1.165, 1.54) is 4.68 Å². The number of nitrogens with zero attached hydrogens (tertiary/aromatic N) is 4. The van der Waals surface area contributed by atoms with E-state index < -0.39 is 53.4 Å². The van der Waals surface area contributed by atoms with E-state index in [1.807, 2.05) is 18.2 Å². The van der Waals surface area contributed by atoms with Crippen LogP contribution >= 0.6 is 30.8 Å². The quantitative estimate of drug-likeness (QED) is 0.195. The van der Waals surface area contributed by atoms with Crippen LogP contribution in [0.4, 0.5) is 5.82 Å². The van der Waals surface area contributed by atoms with Crippen molar-refractivity contribution in [2.24, 2.45) is 0 Å². The summed E-state index contributed by atoms with van der Waals surface area (Å²) in [5.74, 6) is -0.539. The SMILES string of the molecule is CCOP(=O)(CS(=O)(=O)NC[C@H]1O[C@@H](n2ncc3c(NCc4ccccc4Cl)nc(Cl)nc32)[C@@H]2OC(C)(C)O[C@@H]21)OCC. The maximum atomic E-state index is 12.9. The first-order valence-corrected chi connectivity index (χ1v) is 17.7. The molecule has 2 aliphatic rings. The number of hydrogen-bond acceptors (Lipinski definition) is 12. The standard InChI is InChI=1S/C25H33Cl2N6O8PS/c1-5-37-42(34,38-6-2)14-43(35,36)30-13-18-19-20(41-25(3,4)40-19)23(39-18)33-22-16(12-29-33)21(31-24(27)32-22)28-11-15-9-7-8-10-17(15)26/h7-10,12,18-20,23,30H,5-6,11,13-14H2,1-4H3,(H,28,31,32)/t18-,19-,20-,23-/m1/s1. The summed E-state index contributed by atoms with van der Waals surface area (Å²) in [5.41, 5.74) is 0.399. The molecule has 1 aromatic carbocycles. The first-order chi connectivity index (χ1) is 20.3. The molecule has 0 unspecified atom stereocenters. The minimum atomic E-state index is -4.10. The van der Waals surface area contributed by atoms with Crippen LogP contribution in [-0.2, 0) is 44.4 Å². The molecule has 43 heavy (non-hydrogen) atoms. The summed E-state index contributed by atoms with van der Waals surface area (Å²) >= 11 is 12.6. The molecule has 2 saturated heterocycles. The Hall–Kier alpha value is -1.91. The van der Waals surface area contributed by atoms with Crippen LogP contribution in [0.1, 0.15) is 39.5 Å². The van der Waals surface area contributed by atoms with Crippen molar-refractivity contribution in [2.45, 2.75) is 64.6 Å². The van der Waals surface area contributed by atoms with Crippen molar-refractivity contribution in [3.63, 3.8) is 0 Å². The molecule has 0 aliphatic carbocycles. The number of benzene rings is 1. The van der Waals surface area contributed by atoms with Gasteiger partial charge in [0, 0.05) is 18.1 Å². The monoisotopic (exact) mass is 678 g/mol. The fourth-order valence-corrected chi connectivity index (χ4v) is 9.30. The molecule has 0 spiro atoms. The van der Waals surface area contributed by atoms with Gasteiger partial charge in [0.05, 0.1) is 24.8 Å². The summed E-state index contributed by atoms with van der Waals surface area (Å²) in [6.07, 6.45) is -1.39. The zero-order chi connectivity index (χ0) is 31.0. The van der Waals surface area contributed by atoms with Crippen LogP contribution in [0.2, 0.25) is 10.3 Å². The van der Waals surface area contributed by atoms with Crippen molar-refractivity contribution in [1.82, 2.24) is 24.5 Å². The fourth-order valence-electron chi connectivity index (χ4n) is 5.03. The third-order valence-corrected chi connectivity index (χ3v) is 11.8. The van der Waals surface area contributed by atoms with E-state index >= 15 is 0 Å². The van der Waals surface area contributed by atoms with Crippen LogP contribution in [0.15, 0.2) is 30.5 Å². The molecule has 0 bridgehead atoms. The molecule has 2 aliphatic heterocycles. The number of aromatic nitrogens is 4. The fraction of sp³-hybridized carbons (Fsp3) is 0.560. The lowest BCUT2D eigenvalue weighted by Gasteiger charge is -2.24. The Labute approximate surface area is 259 Å². The van der Waals surface area contributed by atoms with Crippen LogP contribution in [0.25, 0.3) is 11.0 Å². The lowest BCUT2D eigenvalue weighted by atomic mass is 10.1. The number of anilines is 1. The third-order valence-electron chi connectivity index (χ3n) is 6.68. The minimum Gasteiger partial charge on any atom is -0.365 e. The van der Waals surface area contributed by atoms with Gasteiger partial charge in [0.1, 0.15) is 24.1 Å². The molecule has 2 aromatic heterocycles. The summed E-state index contributed by atoms with van der Waals surface area (Å²) in [6, 6.07) is 7.42. The lowest BCUT2D eigenvalue weighted by Crippen LogP contribution is -2.40. The minimum absolute atomic E-state index is 0.0216. The molecule has 14 nitrogen and oxygen atoms in total. The molecule has 18 heteroatoms. The molecule has 0 saturated carbocycles. The molecule has 2 N–H and O–H groups in total. The lowest BCUT2D eigenvalue weighted by molar-refractivity contribution is -0.196. The van der Waals surface area contributed by atoms with Crippen molar-refractivity contribution < 1.29 is 36.2 Å². The number of nitrogens with one attached hydrogen (secondary N) is 2. The molecule has 0 radical (unpaired) electrons. The highest BCUT2D eigenvalue weighted by Gasteiger charge is 2.56. The molecule has 4 atom stereocenters. The van der Waals surface area contributed by atoms with Crippen LogP contribution in [0.3, 0.4) is 0 Å². The Balaban J connectivity index is 1.37. The van der Waals surface area contributed by atoms with Crippen LogP contribution in [-0.4, -0.2) is 77.5 Å². The second-order valence-electron chi connectivity index (χ2n) is 10.3. The van der Waals surface area contributed by atoms with Gasteiger partial charge in [0.2, 0.25) is 15.3 Å². The summed E-state index contributed by atoms with van der Waals surface area (Å²) < 4.78 is 71.4. The second-order valence-corrected chi connectivity index (χ2v) is 15.3. The maximum Gasteiger partial charge on any atom is 0.347 e.